The molecule has 0 unspecified atom stereocenters. The third-order valence-electron chi connectivity index (χ3n) is 1.59. The van der Waals surface area contributed by atoms with E-state index < -0.39 is 0 Å². The Labute approximate surface area is 81.3 Å². The first-order chi connectivity index (χ1) is 6.24. The van der Waals surface area contributed by atoms with Crippen LogP contribution in [-0.2, 0) is 6.61 Å². The van der Waals surface area contributed by atoms with Crippen LogP contribution in [0.15, 0.2) is 6.20 Å². The van der Waals surface area contributed by atoms with Gasteiger partial charge < -0.3 is 9.84 Å². The van der Waals surface area contributed by atoms with Crippen LogP contribution < -0.4 is 4.74 Å². The average Bonchev–Trinajstić information content (AvgIpc) is 2.17. The van der Waals surface area contributed by atoms with Gasteiger partial charge >= 0.3 is 0 Å². The predicted octanol–water partition coefficient (Wildman–Crippen LogP) is 1.22. The molecule has 1 rings (SSSR count). The summed E-state index contributed by atoms with van der Waals surface area (Å²) in [5.74, 6) is 2.68. The second-order valence-corrected chi connectivity index (χ2v) is 2.68. The van der Waals surface area contributed by atoms with E-state index in [0.717, 1.165) is 0 Å². The molecule has 1 aromatic heterocycles. The van der Waals surface area contributed by atoms with E-state index in [4.69, 9.17) is 27.9 Å². The molecule has 0 spiro atoms. The first-order valence-electron chi connectivity index (χ1n) is 3.53. The Hall–Kier alpha value is -1.24. The summed E-state index contributed by atoms with van der Waals surface area (Å²) >= 11 is 5.77. The maximum absolute atomic E-state index is 9.01. The summed E-state index contributed by atoms with van der Waals surface area (Å²) in [6.07, 6.45) is 6.62. The number of rotatable bonds is 2. The molecule has 0 saturated carbocycles. The van der Waals surface area contributed by atoms with Crippen molar-refractivity contribution < 1.29 is 9.84 Å². The van der Waals surface area contributed by atoms with E-state index in [0.29, 0.717) is 22.0 Å². The zero-order chi connectivity index (χ0) is 9.84. The first-order valence-corrected chi connectivity index (χ1v) is 3.91. The zero-order valence-electron chi connectivity index (χ0n) is 7.04. The Morgan fingerprint density at radius 1 is 1.77 bits per heavy atom. The molecule has 13 heavy (non-hydrogen) atoms. The summed E-state index contributed by atoms with van der Waals surface area (Å²) in [5.41, 5.74) is 0.869. The van der Waals surface area contributed by atoms with E-state index in [2.05, 4.69) is 10.9 Å². The minimum Gasteiger partial charge on any atom is -0.481 e. The van der Waals surface area contributed by atoms with Crippen molar-refractivity contribution in [2.45, 2.75) is 6.61 Å². The van der Waals surface area contributed by atoms with Crippen LogP contribution in [0.25, 0.3) is 0 Å². The number of aliphatic hydroxyl groups is 1. The molecule has 0 amide bonds. The Bertz CT molecular complexity index is 357. The van der Waals surface area contributed by atoms with Gasteiger partial charge in [-0.3, -0.25) is 0 Å². The quantitative estimate of drug-likeness (QED) is 0.725. The molecule has 0 aliphatic rings. The lowest BCUT2D eigenvalue weighted by atomic mass is 10.1. The number of aromatic nitrogens is 1. The summed E-state index contributed by atoms with van der Waals surface area (Å²) < 4.78 is 4.91. The van der Waals surface area contributed by atoms with Crippen LogP contribution in [0.5, 0.6) is 5.88 Å². The van der Waals surface area contributed by atoms with Crippen LogP contribution >= 0.6 is 11.6 Å². The number of nitrogens with zero attached hydrogens (tertiary/aromatic N) is 1. The number of methoxy groups -OCH3 is 1. The number of ether oxygens (including phenoxy) is 1. The topological polar surface area (TPSA) is 42.4 Å². The van der Waals surface area contributed by atoms with Crippen molar-refractivity contribution in [3.63, 3.8) is 0 Å². The van der Waals surface area contributed by atoms with Gasteiger partial charge in [0, 0.05) is 0 Å². The van der Waals surface area contributed by atoms with Crippen LogP contribution in [0.3, 0.4) is 0 Å². The van der Waals surface area contributed by atoms with Gasteiger partial charge in [-0.15, -0.1) is 6.42 Å². The molecule has 0 saturated heterocycles. The Kier molecular flexibility index (Phi) is 3.13. The second-order valence-electron chi connectivity index (χ2n) is 2.27. The highest BCUT2D eigenvalue weighted by atomic mass is 35.5. The van der Waals surface area contributed by atoms with E-state index in [1.54, 1.807) is 0 Å². The van der Waals surface area contributed by atoms with E-state index in [-0.39, 0.29) is 6.61 Å². The van der Waals surface area contributed by atoms with Gasteiger partial charge in [-0.25, -0.2) is 4.98 Å². The Morgan fingerprint density at radius 3 is 2.92 bits per heavy atom. The molecule has 0 fully saturated rings. The number of hydrogen-bond donors (Lipinski definition) is 1. The van der Waals surface area contributed by atoms with Crippen molar-refractivity contribution in [2.75, 3.05) is 7.11 Å². The third kappa shape index (κ3) is 1.74. The highest BCUT2D eigenvalue weighted by Crippen LogP contribution is 2.25. The molecule has 1 heterocycles. The number of hydrogen-bond acceptors (Lipinski definition) is 3. The molecular weight excluding hydrogens is 190 g/mol. The maximum Gasteiger partial charge on any atom is 0.219 e. The fourth-order valence-corrected chi connectivity index (χ4v) is 1.20. The fourth-order valence-electron chi connectivity index (χ4n) is 0.987. The Balaban J connectivity index is 3.38. The van der Waals surface area contributed by atoms with Crippen LogP contribution in [0.1, 0.15) is 11.1 Å². The molecule has 0 aliphatic heterocycles. The van der Waals surface area contributed by atoms with Gasteiger partial charge in [-0.05, 0) is 0 Å². The summed E-state index contributed by atoms with van der Waals surface area (Å²) in [4.78, 5) is 3.87. The van der Waals surface area contributed by atoms with Gasteiger partial charge in [-0.2, -0.15) is 0 Å². The molecule has 0 radical (unpaired) electrons. The Morgan fingerprint density at radius 2 is 2.46 bits per heavy atom. The van der Waals surface area contributed by atoms with Gasteiger partial charge in [-0.1, -0.05) is 17.5 Å². The first kappa shape index (κ1) is 9.85. The maximum atomic E-state index is 9.01. The van der Waals surface area contributed by atoms with Crippen LogP contribution in [0.2, 0.25) is 5.02 Å². The van der Waals surface area contributed by atoms with Gasteiger partial charge in [0.05, 0.1) is 36.1 Å². The van der Waals surface area contributed by atoms with Crippen molar-refractivity contribution in [1.82, 2.24) is 4.98 Å². The summed E-state index contributed by atoms with van der Waals surface area (Å²) in [5, 5.41) is 9.35. The van der Waals surface area contributed by atoms with Gasteiger partial charge in [0.25, 0.3) is 0 Å². The van der Waals surface area contributed by atoms with E-state index in [1.807, 2.05) is 0 Å². The molecule has 1 N–H and O–H groups in total. The molecule has 1 aromatic rings. The number of pyridine rings is 1. The average molecular weight is 198 g/mol. The lowest BCUT2D eigenvalue weighted by Gasteiger charge is -2.07. The van der Waals surface area contributed by atoms with Crippen LogP contribution in [0.4, 0.5) is 0 Å². The minimum atomic E-state index is -0.240. The molecule has 3 nitrogen and oxygen atoms in total. The van der Waals surface area contributed by atoms with Crippen molar-refractivity contribution in [1.29, 1.82) is 0 Å². The minimum absolute atomic E-state index is 0.240. The third-order valence-corrected chi connectivity index (χ3v) is 1.88. The number of terminal acetylenes is 1. The number of halogens is 1. The normalized spacial score (nSPS) is 9.38. The predicted molar refractivity (Wildman–Crippen MR) is 49.7 cm³/mol. The molecule has 0 aliphatic carbocycles. The van der Waals surface area contributed by atoms with E-state index in [1.165, 1.54) is 13.3 Å². The molecule has 0 atom stereocenters. The lowest BCUT2D eigenvalue weighted by Crippen LogP contribution is -1.99. The van der Waals surface area contributed by atoms with E-state index in [9.17, 15) is 0 Å². The second kappa shape index (κ2) is 4.13. The smallest absolute Gasteiger partial charge is 0.219 e. The van der Waals surface area contributed by atoms with Gasteiger partial charge in [0.15, 0.2) is 0 Å². The van der Waals surface area contributed by atoms with Gasteiger partial charge in [0.1, 0.15) is 0 Å². The fraction of sp³-hybridized carbons (Fsp3) is 0.222. The summed E-state index contributed by atoms with van der Waals surface area (Å²) in [6.45, 7) is -0.240. The largest absolute Gasteiger partial charge is 0.481 e. The van der Waals surface area contributed by atoms with Crippen molar-refractivity contribution in [3.8, 4) is 18.2 Å². The van der Waals surface area contributed by atoms with Crippen LogP contribution in [0, 0.1) is 12.3 Å². The standard InChI is InChI=1S/C9H8ClNO2/c1-3-6-7(5-12)9(13-2)11-4-8(6)10/h1,4,12H,5H2,2H3. The monoisotopic (exact) mass is 197 g/mol. The van der Waals surface area contributed by atoms with Crippen LogP contribution in [-0.4, -0.2) is 17.2 Å². The lowest BCUT2D eigenvalue weighted by molar-refractivity contribution is 0.271. The SMILES string of the molecule is C#Cc1c(Cl)cnc(OC)c1CO. The highest BCUT2D eigenvalue weighted by molar-refractivity contribution is 6.31. The number of aliphatic hydroxyl groups excluding tert-OH is 1. The summed E-state index contributed by atoms with van der Waals surface area (Å²) in [6, 6.07) is 0. The van der Waals surface area contributed by atoms with Gasteiger partial charge in [0.2, 0.25) is 5.88 Å². The molecule has 4 heteroatoms. The molecular formula is C9H8ClNO2. The van der Waals surface area contributed by atoms with Crippen molar-refractivity contribution >= 4 is 11.6 Å². The van der Waals surface area contributed by atoms with Crippen molar-refractivity contribution in [3.05, 3.63) is 22.3 Å². The molecule has 0 aromatic carbocycles. The molecule has 68 valence electrons. The highest BCUT2D eigenvalue weighted by Gasteiger charge is 2.11. The van der Waals surface area contributed by atoms with E-state index >= 15 is 0 Å². The van der Waals surface area contributed by atoms with Crippen molar-refractivity contribution in [2.24, 2.45) is 0 Å². The summed E-state index contributed by atoms with van der Waals surface area (Å²) in [7, 11) is 1.45. The zero-order valence-corrected chi connectivity index (χ0v) is 7.80. The molecule has 0 bridgehead atoms.